The van der Waals surface area contributed by atoms with E-state index in [0.717, 1.165) is 54.9 Å². The van der Waals surface area contributed by atoms with Crippen molar-refractivity contribution in [2.75, 3.05) is 37.4 Å². The number of fused-ring (bicyclic) bond motifs is 1. The summed E-state index contributed by atoms with van der Waals surface area (Å²) in [5.41, 5.74) is 5.35. The molecule has 0 spiro atoms. The SMILES string of the molecule is CC(CNCC1CNc2cc(-c3cnn(C)c3)cnc2N1)c1cccc(CO)c1.CO.[W].c1ccccc1. The van der Waals surface area contributed by atoms with Crippen LogP contribution in [0.2, 0.25) is 0 Å². The van der Waals surface area contributed by atoms with E-state index in [4.69, 9.17) is 5.11 Å². The van der Waals surface area contributed by atoms with E-state index in [1.54, 1.807) is 4.68 Å². The van der Waals surface area contributed by atoms with Crippen LogP contribution in [0.4, 0.5) is 11.5 Å². The van der Waals surface area contributed by atoms with Gasteiger partial charge in [-0.05, 0) is 23.1 Å². The summed E-state index contributed by atoms with van der Waals surface area (Å²) in [6, 6.07) is 22.5. The molecule has 1 aliphatic heterocycles. The number of benzene rings is 2. The number of aryl methyl sites for hydroxylation is 1. The van der Waals surface area contributed by atoms with Gasteiger partial charge in [0.1, 0.15) is 5.82 Å². The molecule has 2 aromatic heterocycles. The van der Waals surface area contributed by atoms with Gasteiger partial charge in [0.15, 0.2) is 0 Å². The predicted molar refractivity (Wildman–Crippen MR) is 151 cm³/mol. The maximum Gasteiger partial charge on any atom is 0.149 e. The molecule has 2 unspecified atom stereocenters. The largest absolute Gasteiger partial charge is 0.400 e. The third kappa shape index (κ3) is 9.37. The Morgan fingerprint density at radius 3 is 2.37 bits per heavy atom. The Kier molecular flexibility index (Phi) is 13.7. The van der Waals surface area contributed by atoms with E-state index >= 15 is 0 Å². The Labute approximate surface area is 239 Å². The van der Waals surface area contributed by atoms with Crippen LogP contribution in [0, 0.1) is 0 Å². The molecule has 0 saturated carbocycles. The molecule has 4 aromatic rings. The number of anilines is 2. The summed E-state index contributed by atoms with van der Waals surface area (Å²) in [5, 5.41) is 31.1. The molecule has 5 rings (SSSR count). The normalized spacial score (nSPS) is 14.1. The number of hydrogen-bond donors (Lipinski definition) is 5. The first-order chi connectivity index (χ1) is 18.1. The van der Waals surface area contributed by atoms with Gasteiger partial charge in [0, 0.05) is 78.4 Å². The summed E-state index contributed by atoms with van der Waals surface area (Å²) in [6.07, 6.45) is 5.73. The maximum atomic E-state index is 9.31. The predicted octanol–water partition coefficient (Wildman–Crippen LogP) is 3.87. The average molecular weight is 687 g/mol. The molecule has 1 aliphatic rings. The molecule has 202 valence electrons. The molecular weight excluding hydrogens is 648 g/mol. The molecule has 9 heteroatoms. The number of aliphatic hydroxyl groups is 2. The molecule has 8 nitrogen and oxygen atoms in total. The summed E-state index contributed by atoms with van der Waals surface area (Å²) in [6.45, 7) is 4.86. The van der Waals surface area contributed by atoms with Crippen LogP contribution in [-0.2, 0) is 34.7 Å². The van der Waals surface area contributed by atoms with Gasteiger partial charge in [-0.3, -0.25) is 4.68 Å². The number of pyridine rings is 1. The zero-order chi connectivity index (χ0) is 26.5. The van der Waals surface area contributed by atoms with Gasteiger partial charge in [0.05, 0.1) is 24.5 Å². The van der Waals surface area contributed by atoms with Gasteiger partial charge in [-0.2, -0.15) is 5.10 Å². The van der Waals surface area contributed by atoms with E-state index in [-0.39, 0.29) is 33.7 Å². The Morgan fingerprint density at radius 2 is 1.74 bits per heavy atom. The smallest absolute Gasteiger partial charge is 0.149 e. The van der Waals surface area contributed by atoms with Gasteiger partial charge in [-0.25, -0.2) is 4.98 Å². The third-order valence-corrected chi connectivity index (χ3v) is 6.02. The minimum absolute atomic E-state index is 0. The summed E-state index contributed by atoms with van der Waals surface area (Å²) in [4.78, 5) is 4.60. The first-order valence-electron chi connectivity index (χ1n) is 12.5. The molecule has 0 radical (unpaired) electrons. The van der Waals surface area contributed by atoms with Gasteiger partial charge >= 0.3 is 0 Å². The van der Waals surface area contributed by atoms with E-state index in [0.29, 0.717) is 5.92 Å². The van der Waals surface area contributed by atoms with Crippen molar-refractivity contribution in [1.29, 1.82) is 0 Å². The fraction of sp³-hybridized carbons (Fsp3) is 0.310. The van der Waals surface area contributed by atoms with Gasteiger partial charge in [-0.1, -0.05) is 67.6 Å². The zero-order valence-corrected chi connectivity index (χ0v) is 25.1. The monoisotopic (exact) mass is 686 g/mol. The van der Waals surface area contributed by atoms with E-state index in [9.17, 15) is 5.11 Å². The molecular formula is C29H38N6O2W. The van der Waals surface area contributed by atoms with Gasteiger partial charge in [0.2, 0.25) is 0 Å². The van der Waals surface area contributed by atoms with Gasteiger partial charge < -0.3 is 26.2 Å². The molecule has 5 N–H and O–H groups in total. The van der Waals surface area contributed by atoms with Gasteiger partial charge in [0.25, 0.3) is 0 Å². The van der Waals surface area contributed by atoms with Crippen LogP contribution in [-0.4, -0.2) is 57.8 Å². The third-order valence-electron chi connectivity index (χ3n) is 6.02. The van der Waals surface area contributed by atoms with Crippen molar-refractivity contribution in [2.24, 2.45) is 7.05 Å². The van der Waals surface area contributed by atoms with Crippen LogP contribution < -0.4 is 16.0 Å². The fourth-order valence-electron chi connectivity index (χ4n) is 4.02. The van der Waals surface area contributed by atoms with Crippen LogP contribution in [0.3, 0.4) is 0 Å². The first kappa shape index (κ1) is 31.2. The van der Waals surface area contributed by atoms with Crippen molar-refractivity contribution in [3.8, 4) is 11.1 Å². The number of rotatable bonds is 7. The van der Waals surface area contributed by atoms with Crippen molar-refractivity contribution in [2.45, 2.75) is 25.5 Å². The number of aliphatic hydroxyl groups excluding tert-OH is 2. The number of hydrogen-bond acceptors (Lipinski definition) is 7. The standard InChI is InChI=1S/C22H28N6O.C6H6.CH4O.W/c1-15(17-5-3-4-16(6-17)14-29)8-23-11-20-12-24-21-7-18(9-25-22(21)27-20)19-10-26-28(2)13-19;1-2-4-6-5-3-1;1-2;/h3-7,9-10,13,15,20,23-24,29H,8,11-12,14H2,1-2H3,(H,25,27);1-6H;2H,1H3;. The Bertz CT molecular complexity index is 1180. The second kappa shape index (κ2) is 16.7. The van der Waals surface area contributed by atoms with Crippen LogP contribution in [0.15, 0.2) is 85.3 Å². The van der Waals surface area contributed by atoms with Crippen molar-refractivity contribution in [1.82, 2.24) is 20.1 Å². The summed E-state index contributed by atoms with van der Waals surface area (Å²) in [7, 11) is 2.91. The molecule has 2 aromatic carbocycles. The van der Waals surface area contributed by atoms with Crippen molar-refractivity contribution in [3.63, 3.8) is 0 Å². The average Bonchev–Trinajstić information content (AvgIpc) is 3.41. The van der Waals surface area contributed by atoms with E-state index in [2.05, 4.69) is 51.2 Å². The second-order valence-electron chi connectivity index (χ2n) is 8.86. The molecule has 38 heavy (non-hydrogen) atoms. The van der Waals surface area contributed by atoms with E-state index in [1.165, 1.54) is 5.56 Å². The second-order valence-corrected chi connectivity index (χ2v) is 8.86. The first-order valence-corrected chi connectivity index (χ1v) is 12.5. The molecule has 0 bridgehead atoms. The van der Waals surface area contributed by atoms with Crippen LogP contribution in [0.1, 0.15) is 24.0 Å². The van der Waals surface area contributed by atoms with Crippen molar-refractivity contribution >= 4 is 11.5 Å². The topological polar surface area (TPSA) is 107 Å². The fourth-order valence-corrected chi connectivity index (χ4v) is 4.02. The number of nitrogens with zero attached hydrogens (tertiary/aromatic N) is 3. The van der Waals surface area contributed by atoms with Crippen molar-refractivity contribution in [3.05, 3.63) is 96.4 Å². The van der Waals surface area contributed by atoms with Crippen molar-refractivity contribution < 1.29 is 31.3 Å². The van der Waals surface area contributed by atoms with Crippen LogP contribution >= 0.6 is 0 Å². The molecule has 0 fully saturated rings. The summed E-state index contributed by atoms with van der Waals surface area (Å²) >= 11 is 0. The van der Waals surface area contributed by atoms with E-state index < -0.39 is 0 Å². The van der Waals surface area contributed by atoms with Crippen LogP contribution in [0.25, 0.3) is 11.1 Å². The zero-order valence-electron chi connectivity index (χ0n) is 22.2. The van der Waals surface area contributed by atoms with Gasteiger partial charge in [-0.15, -0.1) is 0 Å². The molecule has 3 heterocycles. The minimum Gasteiger partial charge on any atom is -0.400 e. The molecule has 0 saturated heterocycles. The summed E-state index contributed by atoms with van der Waals surface area (Å²) in [5.74, 6) is 1.27. The number of nitrogens with one attached hydrogen (secondary N) is 3. The van der Waals surface area contributed by atoms with Crippen LogP contribution in [0.5, 0.6) is 0 Å². The summed E-state index contributed by atoms with van der Waals surface area (Å²) < 4.78 is 1.79. The Hall–Kier alpha value is -3.03. The molecule has 2 atom stereocenters. The Morgan fingerprint density at radius 1 is 1.03 bits per heavy atom. The van der Waals surface area contributed by atoms with E-state index in [1.807, 2.05) is 74.2 Å². The quantitative estimate of drug-likeness (QED) is 0.201. The molecule has 0 amide bonds. The maximum absolute atomic E-state index is 9.31. The Balaban J connectivity index is 0.000000490. The number of aromatic nitrogens is 3. The molecule has 0 aliphatic carbocycles. The minimum atomic E-state index is 0.